The highest BCUT2D eigenvalue weighted by molar-refractivity contribution is 5.63. The van der Waals surface area contributed by atoms with Gasteiger partial charge in [-0.25, -0.2) is 18.7 Å². The summed E-state index contributed by atoms with van der Waals surface area (Å²) in [7, 11) is 0. The number of anilines is 1. The van der Waals surface area contributed by atoms with Crippen LogP contribution in [0.4, 0.5) is 23.4 Å². The number of piperidine rings is 1. The van der Waals surface area contributed by atoms with E-state index in [0.717, 1.165) is 12.2 Å². The Morgan fingerprint density at radius 1 is 1.17 bits per heavy atom. The van der Waals surface area contributed by atoms with Crippen molar-refractivity contribution in [3.05, 3.63) is 24.3 Å². The van der Waals surface area contributed by atoms with Crippen LogP contribution in [0.3, 0.4) is 0 Å². The lowest BCUT2D eigenvalue weighted by Crippen LogP contribution is -2.30. The van der Waals surface area contributed by atoms with Crippen molar-refractivity contribution in [2.45, 2.75) is 38.3 Å². The number of fused-ring (bicyclic) bond motifs is 1. The summed E-state index contributed by atoms with van der Waals surface area (Å²) >= 11 is 0. The van der Waals surface area contributed by atoms with Gasteiger partial charge in [0, 0.05) is 43.5 Å². The van der Waals surface area contributed by atoms with Gasteiger partial charge in [0.05, 0.1) is 12.2 Å². The fourth-order valence-electron chi connectivity index (χ4n) is 4.69. The third-order valence-electron chi connectivity index (χ3n) is 6.31. The molecule has 1 aliphatic heterocycles. The van der Waals surface area contributed by atoms with Gasteiger partial charge in [-0.15, -0.1) is 0 Å². The van der Waals surface area contributed by atoms with Crippen LogP contribution in [0.25, 0.3) is 11.3 Å². The van der Waals surface area contributed by atoms with Crippen LogP contribution in [0, 0.1) is 17.8 Å². The standard InChI is InChI=1S/C20H23F4N5O/c21-16(22)9-28-6-12-13(7-28)18(12)29-8-14(27-17(29)3-10-1-2-10)11-4-15(30-20(23)24)19(25)26-5-11/h4-5,8,10,12-13,16,18,20H,1-3,6-7,9H2,(H2,25,26). The molecule has 0 aromatic carbocycles. The van der Waals surface area contributed by atoms with Gasteiger partial charge >= 0.3 is 6.61 Å². The average molecular weight is 425 g/mol. The minimum atomic E-state index is -2.99. The number of halogens is 4. The van der Waals surface area contributed by atoms with Gasteiger partial charge in [-0.05, 0) is 36.7 Å². The fraction of sp³-hybridized carbons (Fsp3) is 0.600. The van der Waals surface area contributed by atoms with Crippen molar-refractivity contribution in [3.63, 3.8) is 0 Å². The topological polar surface area (TPSA) is 69.2 Å². The van der Waals surface area contributed by atoms with Crippen molar-refractivity contribution < 1.29 is 22.3 Å². The molecular weight excluding hydrogens is 402 g/mol. The molecule has 0 amide bonds. The molecule has 2 aromatic rings. The zero-order chi connectivity index (χ0) is 21.0. The molecule has 2 aromatic heterocycles. The first kappa shape index (κ1) is 19.6. The molecule has 3 fully saturated rings. The van der Waals surface area contributed by atoms with E-state index >= 15 is 0 Å². The third kappa shape index (κ3) is 3.84. The fourth-order valence-corrected chi connectivity index (χ4v) is 4.69. The molecule has 2 N–H and O–H groups in total. The second-order valence-electron chi connectivity index (χ2n) is 8.51. The number of nitrogens with two attached hydrogens (primary N) is 1. The number of pyridine rings is 1. The van der Waals surface area contributed by atoms with Crippen LogP contribution in [-0.2, 0) is 6.42 Å². The second-order valence-corrected chi connectivity index (χ2v) is 8.51. The van der Waals surface area contributed by atoms with Crippen LogP contribution in [0.1, 0.15) is 24.7 Å². The summed E-state index contributed by atoms with van der Waals surface area (Å²) in [6.45, 7) is -1.82. The maximum absolute atomic E-state index is 12.7. The van der Waals surface area contributed by atoms with Gasteiger partial charge in [0.15, 0.2) is 11.6 Å². The normalized spacial score (nSPS) is 25.9. The number of hydrogen-bond acceptors (Lipinski definition) is 5. The minimum absolute atomic E-state index is 0.104. The molecular formula is C20H23F4N5O. The lowest BCUT2D eigenvalue weighted by molar-refractivity contribution is -0.0494. The van der Waals surface area contributed by atoms with E-state index in [9.17, 15) is 17.6 Å². The molecule has 3 heterocycles. The Kier molecular flexibility index (Phi) is 4.83. The number of hydrogen-bond donors (Lipinski definition) is 1. The second kappa shape index (κ2) is 7.40. The van der Waals surface area contributed by atoms with Crippen molar-refractivity contribution in [1.29, 1.82) is 0 Å². The van der Waals surface area contributed by atoms with Crippen LogP contribution in [0.15, 0.2) is 18.5 Å². The molecule has 2 atom stereocenters. The molecule has 0 radical (unpaired) electrons. The van der Waals surface area contributed by atoms with E-state index in [2.05, 4.69) is 14.3 Å². The Balaban J connectivity index is 1.39. The summed E-state index contributed by atoms with van der Waals surface area (Å²) < 4.78 is 57.2. The highest BCUT2D eigenvalue weighted by Crippen LogP contribution is 2.56. The zero-order valence-electron chi connectivity index (χ0n) is 16.2. The van der Waals surface area contributed by atoms with Crippen LogP contribution in [0.5, 0.6) is 5.75 Å². The summed E-state index contributed by atoms with van der Waals surface area (Å²) in [5.41, 5.74) is 6.83. The Morgan fingerprint density at radius 3 is 2.53 bits per heavy atom. The Bertz CT molecular complexity index is 920. The van der Waals surface area contributed by atoms with E-state index in [0.29, 0.717) is 42.1 Å². The molecule has 0 spiro atoms. The van der Waals surface area contributed by atoms with E-state index in [4.69, 9.17) is 10.7 Å². The number of aromatic nitrogens is 3. The van der Waals surface area contributed by atoms with Crippen molar-refractivity contribution in [2.75, 3.05) is 25.4 Å². The summed E-state index contributed by atoms with van der Waals surface area (Å²) in [5, 5.41) is 0. The molecule has 10 heteroatoms. The first-order chi connectivity index (χ1) is 14.4. The first-order valence-electron chi connectivity index (χ1n) is 10.2. The van der Waals surface area contributed by atoms with Crippen LogP contribution < -0.4 is 10.5 Å². The summed E-state index contributed by atoms with van der Waals surface area (Å²) in [6, 6.07) is 1.69. The highest BCUT2D eigenvalue weighted by Gasteiger charge is 2.57. The van der Waals surface area contributed by atoms with Gasteiger partial charge in [0.1, 0.15) is 5.82 Å². The van der Waals surface area contributed by atoms with E-state index < -0.39 is 13.0 Å². The van der Waals surface area contributed by atoms with E-state index in [1.807, 2.05) is 11.1 Å². The number of nitrogens with zero attached hydrogens (tertiary/aromatic N) is 4. The zero-order valence-corrected chi connectivity index (χ0v) is 16.2. The number of alkyl halides is 4. The Hall–Kier alpha value is -2.36. The summed E-state index contributed by atoms with van der Waals surface area (Å²) in [5.74, 6) is 2.01. The van der Waals surface area contributed by atoms with E-state index in [-0.39, 0.29) is 24.2 Å². The largest absolute Gasteiger partial charge is 0.431 e. The van der Waals surface area contributed by atoms with Crippen molar-refractivity contribution in [2.24, 2.45) is 17.8 Å². The van der Waals surface area contributed by atoms with Crippen LogP contribution in [0.2, 0.25) is 0 Å². The molecule has 1 saturated heterocycles. The van der Waals surface area contributed by atoms with Gasteiger partial charge in [-0.1, -0.05) is 0 Å². The number of imidazole rings is 1. The quantitative estimate of drug-likeness (QED) is 0.656. The van der Waals surface area contributed by atoms with E-state index in [1.54, 1.807) is 0 Å². The molecule has 3 aliphatic rings. The molecule has 5 rings (SSSR count). The van der Waals surface area contributed by atoms with Gasteiger partial charge in [-0.2, -0.15) is 8.78 Å². The molecule has 6 nitrogen and oxygen atoms in total. The molecule has 0 bridgehead atoms. The smallest absolute Gasteiger partial charge is 0.387 e. The SMILES string of the molecule is Nc1ncc(-c2cn(C3C4CN(CC(F)F)CC43)c(CC3CC3)n2)cc1OC(F)F. The number of likely N-dealkylation sites (tertiary alicyclic amines) is 1. The van der Waals surface area contributed by atoms with Crippen LogP contribution >= 0.6 is 0 Å². The lowest BCUT2D eigenvalue weighted by atomic mass is 10.2. The highest BCUT2D eigenvalue weighted by atomic mass is 19.3. The number of rotatable bonds is 8. The maximum atomic E-state index is 12.7. The lowest BCUT2D eigenvalue weighted by Gasteiger charge is -2.19. The Labute approximate surface area is 171 Å². The summed E-state index contributed by atoms with van der Waals surface area (Å²) in [6.07, 6.45) is 4.33. The van der Waals surface area contributed by atoms with Crippen molar-refractivity contribution in [3.8, 4) is 17.0 Å². The molecule has 2 unspecified atom stereocenters. The minimum Gasteiger partial charge on any atom is -0.431 e. The van der Waals surface area contributed by atoms with Crippen LogP contribution in [-0.4, -0.2) is 52.1 Å². The average Bonchev–Trinajstić information content (AvgIpc) is 3.51. The van der Waals surface area contributed by atoms with Crippen molar-refractivity contribution >= 4 is 5.82 Å². The Morgan fingerprint density at radius 2 is 1.90 bits per heavy atom. The molecule has 2 saturated carbocycles. The molecule has 2 aliphatic carbocycles. The van der Waals surface area contributed by atoms with Gasteiger partial charge in [0.25, 0.3) is 6.43 Å². The maximum Gasteiger partial charge on any atom is 0.387 e. The van der Waals surface area contributed by atoms with E-state index in [1.165, 1.54) is 25.1 Å². The van der Waals surface area contributed by atoms with Crippen molar-refractivity contribution in [1.82, 2.24) is 19.4 Å². The number of ether oxygens (including phenoxy) is 1. The third-order valence-corrected chi connectivity index (χ3v) is 6.31. The van der Waals surface area contributed by atoms with Gasteiger partial charge in [-0.3, -0.25) is 4.90 Å². The predicted octanol–water partition coefficient (Wildman–Crippen LogP) is 3.45. The molecule has 162 valence electrons. The monoisotopic (exact) mass is 425 g/mol. The predicted molar refractivity (Wildman–Crippen MR) is 101 cm³/mol. The first-order valence-corrected chi connectivity index (χ1v) is 10.2. The number of nitrogen functional groups attached to an aromatic ring is 1. The van der Waals surface area contributed by atoms with Gasteiger partial charge in [0.2, 0.25) is 0 Å². The summed E-state index contributed by atoms with van der Waals surface area (Å²) in [4.78, 5) is 10.6. The molecule has 30 heavy (non-hydrogen) atoms. The van der Waals surface area contributed by atoms with Gasteiger partial charge < -0.3 is 15.0 Å².